The van der Waals surface area contributed by atoms with E-state index >= 15 is 0 Å². The van der Waals surface area contributed by atoms with Crippen LogP contribution in [0.5, 0.6) is 0 Å². The molecule has 0 spiro atoms. The monoisotopic (exact) mass is 253 g/mol. The molecule has 0 aliphatic carbocycles. The number of hydrogen-bond donors (Lipinski definition) is 0. The summed E-state index contributed by atoms with van der Waals surface area (Å²) in [6, 6.07) is 8.03. The topological polar surface area (TPSA) is 0 Å². The summed E-state index contributed by atoms with van der Waals surface area (Å²) in [5.41, 5.74) is 1.27. The molecular formula is C8H14ClF4S. The summed E-state index contributed by atoms with van der Waals surface area (Å²) in [6.45, 7) is 2.12. The molecule has 1 rings (SSSR count). The van der Waals surface area contributed by atoms with E-state index in [2.05, 4.69) is 13.0 Å². The van der Waals surface area contributed by atoms with Crippen LogP contribution in [0, 0.1) is 0 Å². The Morgan fingerprint density at radius 3 is 1.71 bits per heavy atom. The zero-order valence-electron chi connectivity index (χ0n) is 7.47. The lowest BCUT2D eigenvalue weighted by Crippen LogP contribution is -1.79. The largest absolute Gasteiger partial charge is 0.269 e. The summed E-state index contributed by atoms with van der Waals surface area (Å²) >= 11 is 5.05. The highest BCUT2D eigenvalue weighted by Gasteiger charge is 1.91. The fourth-order valence-corrected chi connectivity index (χ4v) is 1.09. The molecular weight excluding hydrogens is 240 g/mol. The van der Waals surface area contributed by atoms with Crippen molar-refractivity contribution in [3.8, 4) is 0 Å². The van der Waals surface area contributed by atoms with Crippen molar-refractivity contribution in [2.45, 2.75) is 18.2 Å². The highest BCUT2D eigenvalue weighted by molar-refractivity contribution is 7.80. The van der Waals surface area contributed by atoms with Crippen LogP contribution >= 0.6 is 25.0 Å². The summed E-state index contributed by atoms with van der Waals surface area (Å²) in [7, 11) is 0. The lowest BCUT2D eigenvalue weighted by molar-refractivity contribution is 1.09. The van der Waals surface area contributed by atoms with Gasteiger partial charge in [-0.15, -0.1) is 12.4 Å². The Bertz CT molecular complexity index is 210. The van der Waals surface area contributed by atoms with Gasteiger partial charge in [0, 0.05) is 4.90 Å². The first-order valence-electron chi connectivity index (χ1n) is 3.09. The van der Waals surface area contributed by atoms with E-state index in [0.29, 0.717) is 0 Å². The van der Waals surface area contributed by atoms with Crippen molar-refractivity contribution < 1.29 is 18.8 Å². The van der Waals surface area contributed by atoms with Crippen LogP contribution in [0.2, 0.25) is 0 Å². The molecule has 0 atom stereocenters. The van der Waals surface area contributed by atoms with E-state index in [0.717, 1.165) is 11.3 Å². The first-order chi connectivity index (χ1) is 4.34. The molecule has 0 aliphatic rings. The predicted octanol–water partition coefficient (Wildman–Crippen LogP) is 3.84. The fourth-order valence-electron chi connectivity index (χ4n) is 0.796. The minimum Gasteiger partial charge on any atom is -0.269 e. The second-order valence-electron chi connectivity index (χ2n) is 1.96. The lowest BCUT2D eigenvalue weighted by atomic mass is 10.2. The third-order valence-corrected chi connectivity index (χ3v) is 1.75. The average molecular weight is 254 g/mol. The van der Waals surface area contributed by atoms with Crippen LogP contribution in [0.25, 0.3) is 0 Å². The van der Waals surface area contributed by atoms with Gasteiger partial charge in [0.2, 0.25) is 0 Å². The molecule has 0 amide bonds. The van der Waals surface area contributed by atoms with Crippen LogP contribution in [0.4, 0.5) is 18.8 Å². The van der Waals surface area contributed by atoms with Gasteiger partial charge in [-0.2, -0.15) is 0 Å². The van der Waals surface area contributed by atoms with Gasteiger partial charge in [-0.1, -0.05) is 37.8 Å². The van der Waals surface area contributed by atoms with Crippen molar-refractivity contribution >= 4 is 25.0 Å². The van der Waals surface area contributed by atoms with Crippen LogP contribution in [-0.4, -0.2) is 0 Å². The van der Waals surface area contributed by atoms with Crippen LogP contribution < -0.4 is 0 Å². The smallest absolute Gasteiger partial charge is 0.0408 e. The quantitative estimate of drug-likeness (QED) is 0.667. The molecule has 14 heavy (non-hydrogen) atoms. The van der Waals surface area contributed by atoms with Crippen molar-refractivity contribution in [3.63, 3.8) is 0 Å². The second-order valence-corrected chi connectivity index (χ2v) is 2.40. The Hall–Kier alpha value is -0.550. The number of halogens is 5. The van der Waals surface area contributed by atoms with E-state index in [-0.39, 0.29) is 31.2 Å². The van der Waals surface area contributed by atoms with Gasteiger partial charge in [0.1, 0.15) is 0 Å². The van der Waals surface area contributed by atoms with Gasteiger partial charge in [-0.05, 0) is 18.1 Å². The van der Waals surface area contributed by atoms with Gasteiger partial charge >= 0.3 is 0 Å². The molecule has 0 heterocycles. The van der Waals surface area contributed by atoms with Crippen molar-refractivity contribution in [3.05, 3.63) is 29.8 Å². The summed E-state index contributed by atoms with van der Waals surface area (Å²) in [5.74, 6) is 0. The highest BCUT2D eigenvalue weighted by Crippen LogP contribution is 2.12. The third-order valence-electron chi connectivity index (χ3n) is 1.35. The molecule has 0 saturated carbocycles. The maximum absolute atomic E-state index is 5.05. The molecule has 1 aromatic rings. The van der Waals surface area contributed by atoms with Gasteiger partial charge in [-0.3, -0.25) is 18.8 Å². The lowest BCUT2D eigenvalue weighted by Gasteiger charge is -1.96. The van der Waals surface area contributed by atoms with Crippen molar-refractivity contribution in [2.24, 2.45) is 0 Å². The van der Waals surface area contributed by atoms with E-state index in [1.54, 1.807) is 0 Å². The predicted molar refractivity (Wildman–Crippen MR) is 58.9 cm³/mol. The Balaban J connectivity index is -0.0000000540. The number of rotatable bonds is 1. The van der Waals surface area contributed by atoms with Gasteiger partial charge in [-0.25, -0.2) is 0 Å². The molecule has 1 aromatic carbocycles. The molecule has 0 saturated heterocycles. The van der Waals surface area contributed by atoms with E-state index in [1.807, 2.05) is 18.2 Å². The maximum atomic E-state index is 5.05. The summed E-state index contributed by atoms with van der Waals surface area (Å²) in [5, 5.41) is 0. The molecule has 1 radical (unpaired) electrons. The third kappa shape index (κ3) is 8.07. The Morgan fingerprint density at radius 1 is 1.00 bits per heavy atom. The maximum Gasteiger partial charge on any atom is 0.0408 e. The number of aryl methyl sites for hydroxylation is 1. The summed E-state index contributed by atoms with van der Waals surface area (Å²) < 4.78 is 0. The zero-order valence-corrected chi connectivity index (χ0v) is 9.10. The zero-order chi connectivity index (χ0) is 6.69. The summed E-state index contributed by atoms with van der Waals surface area (Å²) in [4.78, 5) is 0.986. The molecule has 87 valence electrons. The molecule has 0 nitrogen and oxygen atoms in total. The van der Waals surface area contributed by atoms with E-state index < -0.39 is 0 Å². The van der Waals surface area contributed by atoms with Crippen LogP contribution in [0.1, 0.15) is 12.5 Å². The molecule has 0 fully saturated rings. The molecule has 0 aliphatic heterocycles. The van der Waals surface area contributed by atoms with E-state index in [1.165, 1.54) is 5.56 Å². The SMILES string of the molecule is CCc1ccccc1[S].Cl.F.F.F.F. The molecule has 0 aromatic heterocycles. The van der Waals surface area contributed by atoms with E-state index in [9.17, 15) is 0 Å². The fraction of sp³-hybridized carbons (Fsp3) is 0.250. The first kappa shape index (κ1) is 29.2. The van der Waals surface area contributed by atoms with Crippen LogP contribution in [0.15, 0.2) is 29.2 Å². The van der Waals surface area contributed by atoms with Gasteiger partial charge < -0.3 is 0 Å². The summed E-state index contributed by atoms with van der Waals surface area (Å²) in [6.07, 6.45) is 1.04. The molecule has 0 unspecified atom stereocenters. The Kier molecular flexibility index (Phi) is 31.2. The van der Waals surface area contributed by atoms with Gasteiger partial charge in [0.05, 0.1) is 0 Å². The van der Waals surface area contributed by atoms with Crippen molar-refractivity contribution in [1.82, 2.24) is 0 Å². The first-order valence-corrected chi connectivity index (χ1v) is 3.50. The van der Waals surface area contributed by atoms with Crippen LogP contribution in [-0.2, 0) is 6.42 Å². The normalized spacial score (nSPS) is 6.07. The second kappa shape index (κ2) is 14.9. The highest BCUT2D eigenvalue weighted by atomic mass is 35.5. The van der Waals surface area contributed by atoms with Gasteiger partial charge in [0.25, 0.3) is 0 Å². The van der Waals surface area contributed by atoms with E-state index in [4.69, 9.17) is 12.6 Å². The Morgan fingerprint density at radius 2 is 1.43 bits per heavy atom. The minimum atomic E-state index is 0. The number of hydrogen-bond acceptors (Lipinski definition) is 0. The molecule has 6 heteroatoms. The average Bonchev–Trinajstić information content (AvgIpc) is 1.89. The standard InChI is InChI=1S/C8H9S.ClH.4FH/c1-2-7-5-3-4-6-8(7)9;;;;;/h3-6H,2H2,1H3;5*1H. The van der Waals surface area contributed by atoms with Crippen molar-refractivity contribution in [1.29, 1.82) is 0 Å². The molecule has 0 N–H and O–H groups in total. The minimum absolute atomic E-state index is 0. The number of benzene rings is 1. The molecule has 0 bridgehead atoms. The van der Waals surface area contributed by atoms with Crippen molar-refractivity contribution in [2.75, 3.05) is 0 Å². The van der Waals surface area contributed by atoms with Gasteiger partial charge in [0.15, 0.2) is 0 Å². The Labute approximate surface area is 92.4 Å². The van der Waals surface area contributed by atoms with Crippen LogP contribution in [0.3, 0.4) is 0 Å².